The molecular formula is C27H44N4O5. The summed E-state index contributed by atoms with van der Waals surface area (Å²) in [6.45, 7) is 18.1. The Hall–Kier alpha value is -3.10. The van der Waals surface area contributed by atoms with Crippen molar-refractivity contribution in [2.24, 2.45) is 5.73 Å². The fraction of sp³-hybridized carbons (Fsp3) is 0.630. The van der Waals surface area contributed by atoms with Crippen LogP contribution in [0.1, 0.15) is 91.0 Å². The molecule has 0 heterocycles. The summed E-state index contributed by atoms with van der Waals surface area (Å²) in [6, 6.07) is 3.44. The number of rotatable bonds is 9. The number of carbonyl (C=O) groups excluding carboxylic acids is 4. The lowest BCUT2D eigenvalue weighted by Gasteiger charge is -2.43. The number of nitrogens with one attached hydrogen (secondary N) is 2. The lowest BCUT2D eigenvalue weighted by Crippen LogP contribution is -2.59. The number of amides is 4. The number of ether oxygens (including phenoxy) is 1. The van der Waals surface area contributed by atoms with Gasteiger partial charge in [-0.15, -0.1) is 0 Å². The van der Waals surface area contributed by atoms with Crippen molar-refractivity contribution >= 4 is 23.8 Å². The Morgan fingerprint density at radius 3 is 2.03 bits per heavy atom. The first-order chi connectivity index (χ1) is 16.3. The van der Waals surface area contributed by atoms with Crippen LogP contribution < -0.4 is 16.4 Å². The fourth-order valence-electron chi connectivity index (χ4n) is 3.90. The van der Waals surface area contributed by atoms with Gasteiger partial charge < -0.3 is 26.0 Å². The minimum atomic E-state index is -1.13. The van der Waals surface area contributed by atoms with Gasteiger partial charge in [-0.25, -0.2) is 4.79 Å². The van der Waals surface area contributed by atoms with E-state index in [9.17, 15) is 19.2 Å². The van der Waals surface area contributed by atoms with Crippen LogP contribution in [0.3, 0.4) is 0 Å². The van der Waals surface area contributed by atoms with Gasteiger partial charge in [-0.05, 0) is 86.8 Å². The normalized spacial score (nSPS) is 13.5. The van der Waals surface area contributed by atoms with E-state index in [1.54, 1.807) is 20.8 Å². The van der Waals surface area contributed by atoms with Crippen molar-refractivity contribution < 1.29 is 23.9 Å². The molecule has 0 aromatic heterocycles. The molecule has 0 bridgehead atoms. The summed E-state index contributed by atoms with van der Waals surface area (Å²) in [5, 5.41) is 5.53. The molecule has 0 radical (unpaired) electrons. The SMILES string of the molecule is Cc1ccc(C(C(=O)NC(C)C)N(C(=O)C(CCC(N)=O)NC(=O)OC(C)(C)C)C(C)(C)C)c(C)c1. The van der Waals surface area contributed by atoms with Gasteiger partial charge in [0.15, 0.2) is 0 Å². The van der Waals surface area contributed by atoms with E-state index in [1.807, 2.05) is 66.7 Å². The monoisotopic (exact) mass is 504 g/mol. The molecule has 0 aliphatic heterocycles. The number of primary amides is 1. The van der Waals surface area contributed by atoms with E-state index in [1.165, 1.54) is 4.90 Å². The van der Waals surface area contributed by atoms with Crippen LogP contribution in [0.15, 0.2) is 18.2 Å². The van der Waals surface area contributed by atoms with Gasteiger partial charge in [-0.1, -0.05) is 23.8 Å². The molecule has 202 valence electrons. The first kappa shape index (κ1) is 30.9. The number of aryl methyl sites for hydroxylation is 2. The summed E-state index contributed by atoms with van der Waals surface area (Å²) in [5.41, 5.74) is 6.29. The van der Waals surface area contributed by atoms with Crippen molar-refractivity contribution in [1.29, 1.82) is 0 Å². The van der Waals surface area contributed by atoms with Gasteiger partial charge in [-0.2, -0.15) is 0 Å². The topological polar surface area (TPSA) is 131 Å². The molecule has 9 heteroatoms. The van der Waals surface area contributed by atoms with Crippen molar-refractivity contribution in [3.05, 3.63) is 34.9 Å². The zero-order valence-corrected chi connectivity index (χ0v) is 23.4. The predicted molar refractivity (Wildman–Crippen MR) is 140 cm³/mol. The molecule has 0 aliphatic rings. The molecule has 36 heavy (non-hydrogen) atoms. The highest BCUT2D eigenvalue weighted by atomic mass is 16.6. The Morgan fingerprint density at radius 1 is 1.00 bits per heavy atom. The highest BCUT2D eigenvalue weighted by molar-refractivity contribution is 5.93. The lowest BCUT2D eigenvalue weighted by atomic mass is 9.91. The minimum absolute atomic E-state index is 0.0363. The largest absolute Gasteiger partial charge is 0.444 e. The molecule has 0 saturated heterocycles. The number of nitrogens with two attached hydrogens (primary N) is 1. The summed E-state index contributed by atoms with van der Waals surface area (Å²) in [5.74, 6) is -1.46. The molecule has 1 rings (SSSR count). The van der Waals surface area contributed by atoms with Crippen LogP contribution in [0.2, 0.25) is 0 Å². The van der Waals surface area contributed by atoms with E-state index in [0.717, 1.165) is 11.1 Å². The van der Waals surface area contributed by atoms with Crippen LogP contribution >= 0.6 is 0 Å². The Labute approximate surface area is 215 Å². The van der Waals surface area contributed by atoms with E-state index in [2.05, 4.69) is 10.6 Å². The first-order valence-corrected chi connectivity index (χ1v) is 12.3. The van der Waals surface area contributed by atoms with Gasteiger partial charge in [0, 0.05) is 18.0 Å². The maximum absolute atomic E-state index is 14.1. The van der Waals surface area contributed by atoms with Crippen LogP contribution in [0.25, 0.3) is 0 Å². The second-order valence-corrected chi connectivity index (χ2v) is 11.5. The van der Waals surface area contributed by atoms with Gasteiger partial charge in [0.25, 0.3) is 0 Å². The highest BCUT2D eigenvalue weighted by Crippen LogP contribution is 2.32. The number of hydrogen-bond acceptors (Lipinski definition) is 5. The van der Waals surface area contributed by atoms with Crippen molar-refractivity contribution in [2.75, 3.05) is 0 Å². The predicted octanol–water partition coefficient (Wildman–Crippen LogP) is 3.66. The van der Waals surface area contributed by atoms with Gasteiger partial charge in [-0.3, -0.25) is 14.4 Å². The van der Waals surface area contributed by atoms with E-state index >= 15 is 0 Å². The van der Waals surface area contributed by atoms with Crippen LogP contribution in [-0.4, -0.2) is 51.9 Å². The summed E-state index contributed by atoms with van der Waals surface area (Å²) in [6.07, 6.45) is -0.962. The molecular weight excluding hydrogens is 460 g/mol. The average molecular weight is 505 g/mol. The minimum Gasteiger partial charge on any atom is -0.444 e. The Balaban J connectivity index is 3.63. The van der Waals surface area contributed by atoms with Crippen LogP contribution in [-0.2, 0) is 19.1 Å². The molecule has 0 spiro atoms. The van der Waals surface area contributed by atoms with Crippen molar-refractivity contribution in [2.45, 2.75) is 111 Å². The quantitative estimate of drug-likeness (QED) is 0.472. The molecule has 0 fully saturated rings. The molecule has 4 amide bonds. The second kappa shape index (κ2) is 12.2. The molecule has 1 aromatic rings. The lowest BCUT2D eigenvalue weighted by molar-refractivity contribution is -0.148. The molecule has 2 unspecified atom stereocenters. The number of alkyl carbamates (subject to hydrolysis) is 1. The third-order valence-electron chi connectivity index (χ3n) is 5.29. The van der Waals surface area contributed by atoms with Gasteiger partial charge in [0.2, 0.25) is 17.7 Å². The van der Waals surface area contributed by atoms with Crippen LogP contribution in [0.5, 0.6) is 0 Å². The van der Waals surface area contributed by atoms with Crippen molar-refractivity contribution in [3.8, 4) is 0 Å². The fourth-order valence-corrected chi connectivity index (χ4v) is 3.90. The van der Waals surface area contributed by atoms with E-state index in [-0.39, 0.29) is 24.8 Å². The van der Waals surface area contributed by atoms with Crippen molar-refractivity contribution in [1.82, 2.24) is 15.5 Å². The standard InChI is InChI=1S/C27H44N4O5/c1-16(2)29-23(33)22(19-12-11-17(3)15-18(19)4)31(26(5,6)7)24(34)20(13-14-21(28)32)30-25(35)36-27(8,9)10/h11-12,15-16,20,22H,13-14H2,1-10H3,(H2,28,32)(H,29,33)(H,30,35). The van der Waals surface area contributed by atoms with Crippen LogP contribution in [0.4, 0.5) is 4.79 Å². The summed E-state index contributed by atoms with van der Waals surface area (Å²) in [7, 11) is 0. The second-order valence-electron chi connectivity index (χ2n) is 11.5. The Kier molecular flexibility index (Phi) is 10.5. The molecule has 0 saturated carbocycles. The van der Waals surface area contributed by atoms with Gasteiger partial charge in [0.05, 0.1) is 0 Å². The zero-order valence-electron chi connectivity index (χ0n) is 23.4. The average Bonchev–Trinajstić information content (AvgIpc) is 2.66. The maximum atomic E-state index is 14.1. The first-order valence-electron chi connectivity index (χ1n) is 12.3. The molecule has 0 aliphatic carbocycles. The zero-order chi connectivity index (χ0) is 28.0. The third-order valence-corrected chi connectivity index (χ3v) is 5.29. The molecule has 2 atom stereocenters. The smallest absolute Gasteiger partial charge is 0.408 e. The van der Waals surface area contributed by atoms with E-state index in [4.69, 9.17) is 10.5 Å². The number of nitrogens with zero attached hydrogens (tertiary/aromatic N) is 1. The van der Waals surface area contributed by atoms with Gasteiger partial charge in [0.1, 0.15) is 17.7 Å². The molecule has 1 aromatic carbocycles. The maximum Gasteiger partial charge on any atom is 0.408 e. The summed E-state index contributed by atoms with van der Waals surface area (Å²) in [4.78, 5) is 53.3. The van der Waals surface area contributed by atoms with Gasteiger partial charge >= 0.3 is 6.09 Å². The summed E-state index contributed by atoms with van der Waals surface area (Å²) >= 11 is 0. The summed E-state index contributed by atoms with van der Waals surface area (Å²) < 4.78 is 5.35. The molecule has 4 N–H and O–H groups in total. The van der Waals surface area contributed by atoms with E-state index in [0.29, 0.717) is 5.56 Å². The van der Waals surface area contributed by atoms with Crippen LogP contribution in [0, 0.1) is 13.8 Å². The van der Waals surface area contributed by atoms with E-state index < -0.39 is 41.1 Å². The molecule has 9 nitrogen and oxygen atoms in total. The number of benzene rings is 1. The number of carbonyl (C=O) groups is 4. The van der Waals surface area contributed by atoms with Crippen molar-refractivity contribution in [3.63, 3.8) is 0 Å². The third kappa shape index (κ3) is 9.51. The number of hydrogen-bond donors (Lipinski definition) is 3. The Morgan fingerprint density at radius 2 is 1.58 bits per heavy atom. The Bertz CT molecular complexity index is 960. The highest BCUT2D eigenvalue weighted by Gasteiger charge is 2.42.